The van der Waals surface area contributed by atoms with Gasteiger partial charge in [-0.15, -0.1) is 0 Å². The van der Waals surface area contributed by atoms with E-state index in [1.54, 1.807) is 24.3 Å². The highest BCUT2D eigenvalue weighted by Crippen LogP contribution is 2.68. The number of Topliss-reactive ketones (excluding diaryl/α,β-unsaturated/α-hetero) is 2. The molecule has 58 heavy (non-hydrogen) atoms. The summed E-state index contributed by atoms with van der Waals surface area (Å²) in [5, 5.41) is 47.1. The molecule has 0 amide bonds. The Kier molecular flexibility index (Phi) is 9.93. The minimum atomic E-state index is -1.83. The number of rotatable bonds is 9. The topological polar surface area (TPSA) is 202 Å². The second-order valence-electron chi connectivity index (χ2n) is 19.9. The van der Waals surface area contributed by atoms with Crippen LogP contribution in [-0.2, 0) is 38.2 Å². The molecule has 6 fully saturated rings. The lowest BCUT2D eigenvalue weighted by Gasteiger charge is -2.59. The van der Waals surface area contributed by atoms with Crippen molar-refractivity contribution in [2.24, 2.45) is 57.2 Å². The van der Waals surface area contributed by atoms with Crippen molar-refractivity contribution >= 4 is 35.1 Å². The first-order valence-electron chi connectivity index (χ1n) is 21.3. The Morgan fingerprint density at radius 2 is 1.02 bits per heavy atom. The Morgan fingerprint density at radius 1 is 0.638 bits per heavy atom. The molecule has 0 saturated heterocycles. The smallest absolute Gasteiger partial charge is 0.306 e. The Labute approximate surface area is 339 Å². The van der Waals surface area contributed by atoms with Gasteiger partial charge in [0.25, 0.3) is 0 Å². The molecular formula is C46H58O12. The quantitative estimate of drug-likeness (QED) is 0.245. The molecule has 6 unspecified atom stereocenters. The molecule has 0 aliphatic heterocycles. The van der Waals surface area contributed by atoms with Gasteiger partial charge in [-0.25, -0.2) is 0 Å². The molecule has 12 heteroatoms. The lowest BCUT2D eigenvalue weighted by atomic mass is 9.46. The van der Waals surface area contributed by atoms with Crippen LogP contribution >= 0.6 is 0 Å². The highest BCUT2D eigenvalue weighted by atomic mass is 16.5. The second kappa shape index (κ2) is 14.0. The largest absolute Gasteiger partial charge is 0.458 e. The average Bonchev–Trinajstić information content (AvgIpc) is 3.60. The van der Waals surface area contributed by atoms with E-state index in [9.17, 15) is 49.2 Å². The molecule has 0 aromatic carbocycles. The fourth-order valence-corrected chi connectivity index (χ4v) is 14.5. The average molecular weight is 803 g/mol. The zero-order chi connectivity index (χ0) is 41.8. The van der Waals surface area contributed by atoms with Crippen molar-refractivity contribution in [2.75, 3.05) is 13.2 Å². The molecule has 0 radical (unpaired) electrons. The number of aliphatic hydroxyl groups is 4. The van der Waals surface area contributed by atoms with Gasteiger partial charge in [-0.05, 0) is 112 Å². The molecule has 0 aromatic rings. The lowest BCUT2D eigenvalue weighted by molar-refractivity contribution is -0.182. The van der Waals surface area contributed by atoms with Gasteiger partial charge in [-0.2, -0.15) is 0 Å². The van der Waals surface area contributed by atoms with Crippen molar-refractivity contribution in [2.45, 2.75) is 128 Å². The highest BCUT2D eigenvalue weighted by Gasteiger charge is 2.70. The summed E-state index contributed by atoms with van der Waals surface area (Å²) in [6.45, 7) is 6.39. The Balaban J connectivity index is 0.829. The molecule has 8 aliphatic carbocycles. The van der Waals surface area contributed by atoms with Gasteiger partial charge in [0, 0.05) is 33.5 Å². The Bertz CT molecular complexity index is 1820. The lowest BCUT2D eigenvalue weighted by Crippen LogP contribution is -2.61. The van der Waals surface area contributed by atoms with Gasteiger partial charge in [0.2, 0.25) is 11.6 Å². The molecule has 0 aromatic heterocycles. The van der Waals surface area contributed by atoms with Crippen LogP contribution in [0.5, 0.6) is 0 Å². The van der Waals surface area contributed by atoms with Gasteiger partial charge in [-0.3, -0.25) is 28.8 Å². The number of ketones is 4. The van der Waals surface area contributed by atoms with Crippen molar-refractivity contribution in [1.29, 1.82) is 0 Å². The fourth-order valence-electron chi connectivity index (χ4n) is 14.5. The van der Waals surface area contributed by atoms with Crippen LogP contribution in [0.15, 0.2) is 47.6 Å². The van der Waals surface area contributed by atoms with E-state index >= 15 is 0 Å². The fraction of sp³-hybridized carbons (Fsp3) is 0.696. The van der Waals surface area contributed by atoms with Crippen LogP contribution in [0.2, 0.25) is 0 Å². The predicted molar refractivity (Wildman–Crippen MR) is 207 cm³/mol. The molecule has 0 bridgehead atoms. The maximum absolute atomic E-state index is 13.7. The van der Waals surface area contributed by atoms with Crippen LogP contribution in [0.4, 0.5) is 0 Å². The van der Waals surface area contributed by atoms with Gasteiger partial charge >= 0.3 is 11.9 Å². The van der Waals surface area contributed by atoms with E-state index in [4.69, 9.17) is 9.47 Å². The van der Waals surface area contributed by atoms with E-state index in [1.165, 1.54) is 0 Å². The molecule has 0 heterocycles. The van der Waals surface area contributed by atoms with Gasteiger partial charge in [0.05, 0.1) is 25.0 Å². The third-order valence-electron chi connectivity index (χ3n) is 17.5. The Hall–Kier alpha value is -3.58. The normalized spacial score (nSPS) is 46.0. The summed E-state index contributed by atoms with van der Waals surface area (Å²) in [6.07, 6.45) is 12.4. The number of ether oxygens (including phenoxy) is 2. The summed E-state index contributed by atoms with van der Waals surface area (Å²) in [7, 11) is 0. The number of aliphatic hydroxyl groups excluding tert-OH is 2. The van der Waals surface area contributed by atoms with Crippen molar-refractivity contribution in [3.63, 3.8) is 0 Å². The SMILES string of the molecule is C[C@]12C=CC(=O)C=C1CCC1C2[C@@H](O)C[C@@]2(C)C1CC[C@]2(O)C(=O)COC(=O)CCC(=O)OCC(=O)[C@@]1(O)CCC2C3CCC4=CC(=O)C=C[C@]4(C)C3[C@@H](O)C[C@@]21C. The minimum Gasteiger partial charge on any atom is -0.458 e. The van der Waals surface area contributed by atoms with E-state index < -0.39 is 94.6 Å². The zero-order valence-corrected chi connectivity index (χ0v) is 34.0. The van der Waals surface area contributed by atoms with Crippen molar-refractivity contribution in [1.82, 2.24) is 0 Å². The third kappa shape index (κ3) is 5.89. The van der Waals surface area contributed by atoms with E-state index in [0.717, 1.165) is 24.0 Å². The number of hydrogen-bond donors (Lipinski definition) is 4. The van der Waals surface area contributed by atoms with Gasteiger partial charge in [-0.1, -0.05) is 51.0 Å². The van der Waals surface area contributed by atoms with Crippen LogP contribution in [0.25, 0.3) is 0 Å². The van der Waals surface area contributed by atoms with Gasteiger partial charge < -0.3 is 29.9 Å². The zero-order valence-electron chi connectivity index (χ0n) is 34.0. The van der Waals surface area contributed by atoms with Crippen LogP contribution in [-0.4, -0.2) is 92.1 Å². The maximum atomic E-state index is 13.7. The number of fused-ring (bicyclic) bond motifs is 10. The molecule has 12 nitrogen and oxygen atoms in total. The first-order chi connectivity index (χ1) is 27.2. The number of hydrogen-bond acceptors (Lipinski definition) is 12. The summed E-state index contributed by atoms with van der Waals surface area (Å²) in [6, 6.07) is 0. The maximum Gasteiger partial charge on any atom is 0.306 e. The second-order valence-corrected chi connectivity index (χ2v) is 19.9. The monoisotopic (exact) mass is 802 g/mol. The number of carbonyl (C=O) groups excluding carboxylic acids is 6. The van der Waals surface area contributed by atoms with E-state index in [0.29, 0.717) is 25.7 Å². The Morgan fingerprint density at radius 3 is 1.40 bits per heavy atom. The van der Waals surface area contributed by atoms with Crippen LogP contribution in [0.1, 0.15) is 105 Å². The summed E-state index contributed by atoms with van der Waals surface area (Å²) >= 11 is 0. The summed E-state index contributed by atoms with van der Waals surface area (Å²) in [4.78, 5) is 77.1. The minimum absolute atomic E-state index is 0.0194. The third-order valence-corrected chi connectivity index (χ3v) is 17.5. The molecular weight excluding hydrogens is 744 g/mol. The van der Waals surface area contributed by atoms with Gasteiger partial charge in [0.1, 0.15) is 11.2 Å². The van der Waals surface area contributed by atoms with Crippen LogP contribution in [0, 0.1) is 57.2 Å². The van der Waals surface area contributed by atoms with E-state index in [1.807, 2.05) is 26.0 Å². The first kappa shape index (κ1) is 41.2. The summed E-state index contributed by atoms with van der Waals surface area (Å²) in [5.74, 6) is -3.54. The van der Waals surface area contributed by atoms with Crippen molar-refractivity contribution < 1.29 is 58.7 Å². The highest BCUT2D eigenvalue weighted by molar-refractivity contribution is 6.02. The molecule has 6 saturated carbocycles. The van der Waals surface area contributed by atoms with Crippen molar-refractivity contribution in [3.8, 4) is 0 Å². The van der Waals surface area contributed by atoms with E-state index in [-0.39, 0.29) is 72.8 Å². The molecule has 8 rings (SSSR count). The first-order valence-corrected chi connectivity index (χ1v) is 21.3. The standard InChI is InChI=1S/C46H58O12/c1-41-15-11-27(47)19-25(41)5-7-29-31-13-17-45(55,43(31,3)21-33(49)39(29)41)35(51)23-57-37(53)9-10-38(54)58-24-36(52)46(56)18-14-32-30-8-6-26-20-28(48)12-16-42(26,2)40(30)34(50)22-44(32,46)4/h11-12,15-16,19-20,29-34,39-40,49-50,55-56H,5-10,13-14,17-18,21-24H2,1-4H3/t29?,30?,31?,32?,33-,34-,39?,40?,41-,42-,43-,44-,45-,46-/m0/s1. The summed E-state index contributed by atoms with van der Waals surface area (Å²) < 4.78 is 10.5. The number of esters is 2. The number of carbonyl (C=O) groups is 6. The van der Waals surface area contributed by atoms with Crippen molar-refractivity contribution in [3.05, 3.63) is 47.6 Å². The van der Waals surface area contributed by atoms with Gasteiger partial charge in [0.15, 0.2) is 24.8 Å². The summed E-state index contributed by atoms with van der Waals surface area (Å²) in [5.41, 5.74) is -4.52. The van der Waals surface area contributed by atoms with Crippen LogP contribution in [0.3, 0.4) is 0 Å². The van der Waals surface area contributed by atoms with Crippen LogP contribution < -0.4 is 0 Å². The molecule has 314 valence electrons. The molecule has 8 aliphatic rings. The predicted octanol–water partition coefficient (Wildman–Crippen LogP) is 4.01. The van der Waals surface area contributed by atoms with E-state index in [2.05, 4.69) is 13.8 Å². The molecule has 14 atom stereocenters. The number of allylic oxidation sites excluding steroid dienone is 8. The molecule has 4 N–H and O–H groups in total. The molecule has 0 spiro atoms.